The fourth-order valence-corrected chi connectivity index (χ4v) is 6.26. The van der Waals surface area contributed by atoms with Crippen LogP contribution in [0.15, 0.2) is 106 Å². The minimum atomic E-state index is -0.622. The monoisotopic (exact) mass is 553 g/mol. The summed E-state index contributed by atoms with van der Waals surface area (Å²) in [6, 6.07) is 24.8. The van der Waals surface area contributed by atoms with Crippen LogP contribution in [0.1, 0.15) is 29.7 Å². The van der Waals surface area contributed by atoms with Crippen LogP contribution in [0.25, 0.3) is 17.0 Å². The van der Waals surface area contributed by atoms with Crippen LogP contribution in [0.2, 0.25) is 5.02 Å². The number of fused-ring (bicyclic) bond motifs is 2. The maximum Gasteiger partial charge on any atom is 0.338 e. The highest BCUT2D eigenvalue weighted by molar-refractivity contribution is 7.07. The Morgan fingerprint density at radius 3 is 2.51 bits per heavy atom. The van der Waals surface area contributed by atoms with Gasteiger partial charge in [-0.3, -0.25) is 9.36 Å². The second-order valence-corrected chi connectivity index (χ2v) is 10.8. The minimum Gasteiger partial charge on any atom is -0.466 e. The van der Waals surface area contributed by atoms with E-state index in [0.717, 1.165) is 27.6 Å². The van der Waals surface area contributed by atoms with Crippen LogP contribution in [0, 0.1) is 0 Å². The van der Waals surface area contributed by atoms with E-state index in [2.05, 4.69) is 27.9 Å². The third-order valence-corrected chi connectivity index (χ3v) is 8.15. The number of para-hydroxylation sites is 1. The normalized spacial score (nSPS) is 15.4. The minimum absolute atomic E-state index is 0.198. The molecule has 3 heterocycles. The molecular formula is C31H24ClN3O3S. The van der Waals surface area contributed by atoms with Crippen molar-refractivity contribution in [3.05, 3.63) is 138 Å². The Kier molecular flexibility index (Phi) is 6.54. The lowest BCUT2D eigenvalue weighted by molar-refractivity contribution is -0.136. The summed E-state index contributed by atoms with van der Waals surface area (Å²) < 4.78 is 9.42. The first-order valence-corrected chi connectivity index (χ1v) is 13.6. The lowest BCUT2D eigenvalue weighted by Gasteiger charge is -2.24. The van der Waals surface area contributed by atoms with Crippen LogP contribution in [0.4, 0.5) is 0 Å². The molecule has 1 atom stereocenters. The van der Waals surface area contributed by atoms with Gasteiger partial charge in [0.05, 0.1) is 29.0 Å². The number of esters is 1. The van der Waals surface area contributed by atoms with E-state index >= 15 is 0 Å². The molecule has 0 amide bonds. The zero-order valence-corrected chi connectivity index (χ0v) is 22.9. The van der Waals surface area contributed by atoms with Crippen LogP contribution in [-0.2, 0) is 16.1 Å². The van der Waals surface area contributed by atoms with Gasteiger partial charge in [-0.2, -0.15) is 0 Å². The van der Waals surface area contributed by atoms with Gasteiger partial charge < -0.3 is 9.30 Å². The third kappa shape index (κ3) is 4.54. The van der Waals surface area contributed by atoms with Crippen molar-refractivity contribution >= 4 is 45.9 Å². The smallest absolute Gasteiger partial charge is 0.338 e. The van der Waals surface area contributed by atoms with E-state index in [0.29, 0.717) is 32.2 Å². The molecule has 0 fully saturated rings. The lowest BCUT2D eigenvalue weighted by atomic mass is 9.96. The summed E-state index contributed by atoms with van der Waals surface area (Å²) in [6.07, 6.45) is 3.99. The van der Waals surface area contributed by atoms with Gasteiger partial charge in [-0.15, -0.1) is 0 Å². The molecule has 3 aromatic carbocycles. The highest BCUT2D eigenvalue weighted by atomic mass is 35.5. The average Bonchev–Trinajstić information content (AvgIpc) is 3.45. The first-order chi connectivity index (χ1) is 18.9. The van der Waals surface area contributed by atoms with E-state index < -0.39 is 12.0 Å². The second-order valence-electron chi connectivity index (χ2n) is 9.34. The Morgan fingerprint density at radius 1 is 1.05 bits per heavy atom. The molecule has 0 saturated carbocycles. The van der Waals surface area contributed by atoms with Crippen molar-refractivity contribution in [3.63, 3.8) is 0 Å². The van der Waals surface area contributed by atoms with E-state index in [1.165, 1.54) is 18.4 Å². The Balaban J connectivity index is 1.51. The number of hydrogen-bond acceptors (Lipinski definition) is 5. The number of hydrogen-bond donors (Lipinski definition) is 0. The summed E-state index contributed by atoms with van der Waals surface area (Å²) in [5, 5.41) is 1.75. The molecule has 1 aliphatic heterocycles. The SMILES string of the molecule is COC(=O)C1=C(C)N=c2sc(=Cc3cn(Cc4ccc(Cl)cc4)c4ccccc34)c(=O)n2C1c1ccccc1. The lowest BCUT2D eigenvalue weighted by Crippen LogP contribution is -2.39. The molecule has 8 heteroatoms. The fourth-order valence-electron chi connectivity index (χ4n) is 5.09. The number of carbonyl (C=O) groups is 1. The fraction of sp³-hybridized carbons (Fsp3) is 0.129. The molecule has 0 bridgehead atoms. The van der Waals surface area contributed by atoms with Crippen molar-refractivity contribution in [1.82, 2.24) is 9.13 Å². The van der Waals surface area contributed by atoms with Crippen molar-refractivity contribution < 1.29 is 9.53 Å². The third-order valence-electron chi connectivity index (χ3n) is 6.91. The molecule has 194 valence electrons. The quantitative estimate of drug-likeness (QED) is 0.286. The molecule has 5 aromatic rings. The number of benzene rings is 3. The molecule has 39 heavy (non-hydrogen) atoms. The number of ether oxygens (including phenoxy) is 1. The van der Waals surface area contributed by atoms with E-state index in [1.54, 1.807) is 11.5 Å². The maximum absolute atomic E-state index is 13.9. The average molecular weight is 554 g/mol. The van der Waals surface area contributed by atoms with Crippen molar-refractivity contribution in [1.29, 1.82) is 0 Å². The van der Waals surface area contributed by atoms with Crippen LogP contribution in [0.5, 0.6) is 0 Å². The summed E-state index contributed by atoms with van der Waals surface area (Å²) in [7, 11) is 1.34. The molecule has 6 nitrogen and oxygen atoms in total. The molecular weight excluding hydrogens is 530 g/mol. The molecule has 2 aromatic heterocycles. The van der Waals surface area contributed by atoms with Crippen molar-refractivity contribution in [3.8, 4) is 0 Å². The zero-order valence-electron chi connectivity index (χ0n) is 21.3. The van der Waals surface area contributed by atoms with Gasteiger partial charge in [0.1, 0.15) is 0 Å². The molecule has 1 unspecified atom stereocenters. The van der Waals surface area contributed by atoms with Gasteiger partial charge in [-0.05, 0) is 42.3 Å². The van der Waals surface area contributed by atoms with Gasteiger partial charge in [0.25, 0.3) is 5.56 Å². The summed E-state index contributed by atoms with van der Waals surface area (Å²) in [4.78, 5) is 31.9. The maximum atomic E-state index is 13.9. The van der Waals surface area contributed by atoms with Gasteiger partial charge in [-0.1, -0.05) is 83.6 Å². The van der Waals surface area contributed by atoms with Gasteiger partial charge >= 0.3 is 5.97 Å². The van der Waals surface area contributed by atoms with Gasteiger partial charge in [0.2, 0.25) is 0 Å². The summed E-state index contributed by atoms with van der Waals surface area (Å²) >= 11 is 7.40. The predicted octanol–water partition coefficient (Wildman–Crippen LogP) is 5.06. The Morgan fingerprint density at radius 2 is 1.77 bits per heavy atom. The van der Waals surface area contributed by atoms with Gasteiger partial charge in [0.15, 0.2) is 4.80 Å². The molecule has 0 saturated heterocycles. The number of nitrogens with zero attached hydrogens (tertiary/aromatic N) is 3. The Hall–Kier alpha value is -4.20. The first kappa shape index (κ1) is 25.1. The summed E-state index contributed by atoms with van der Waals surface area (Å²) in [6.45, 7) is 2.45. The zero-order chi connectivity index (χ0) is 27.1. The van der Waals surface area contributed by atoms with E-state index in [4.69, 9.17) is 16.3 Å². The number of thiazole rings is 1. The molecule has 0 aliphatic carbocycles. The highest BCUT2D eigenvalue weighted by Gasteiger charge is 2.32. The van der Waals surface area contributed by atoms with Crippen molar-refractivity contribution in [2.75, 3.05) is 7.11 Å². The summed E-state index contributed by atoms with van der Waals surface area (Å²) in [5.41, 5.74) is 4.66. The van der Waals surface area contributed by atoms with Crippen LogP contribution in [-0.4, -0.2) is 22.2 Å². The van der Waals surface area contributed by atoms with Gasteiger partial charge in [0, 0.05) is 34.2 Å². The number of rotatable bonds is 5. The van der Waals surface area contributed by atoms with Crippen LogP contribution in [0.3, 0.4) is 0 Å². The Labute approximate surface area is 233 Å². The van der Waals surface area contributed by atoms with Crippen LogP contribution < -0.4 is 14.9 Å². The number of methoxy groups -OCH3 is 1. The number of aromatic nitrogens is 2. The predicted molar refractivity (Wildman–Crippen MR) is 155 cm³/mol. The molecule has 0 spiro atoms. The second kappa shape index (κ2) is 10.2. The number of halogens is 1. The standard InChI is InChI=1S/C31H24ClN3O3S/c1-19-27(30(37)38-2)28(21-8-4-3-5-9-21)35-29(36)26(39-31(35)33-19)16-22-18-34(25-11-7-6-10-24(22)25)17-20-12-14-23(32)15-13-20/h3-16,18,28H,17H2,1-2H3. The molecule has 1 aliphatic rings. The van der Waals surface area contributed by atoms with E-state index in [9.17, 15) is 9.59 Å². The highest BCUT2D eigenvalue weighted by Crippen LogP contribution is 2.30. The largest absolute Gasteiger partial charge is 0.466 e. The summed E-state index contributed by atoms with van der Waals surface area (Å²) in [5.74, 6) is -0.496. The Bertz CT molecular complexity index is 1930. The van der Waals surface area contributed by atoms with Crippen LogP contribution >= 0.6 is 22.9 Å². The molecule has 6 rings (SSSR count). The first-order valence-electron chi connectivity index (χ1n) is 12.4. The number of allylic oxidation sites excluding steroid dienone is 1. The molecule has 0 radical (unpaired) electrons. The van der Waals surface area contributed by atoms with Crippen molar-refractivity contribution in [2.24, 2.45) is 4.99 Å². The van der Waals surface area contributed by atoms with Gasteiger partial charge in [-0.25, -0.2) is 9.79 Å². The number of carbonyl (C=O) groups excluding carboxylic acids is 1. The molecule has 0 N–H and O–H groups in total. The topological polar surface area (TPSA) is 65.6 Å². The van der Waals surface area contributed by atoms with E-state index in [1.807, 2.05) is 72.8 Å². The van der Waals surface area contributed by atoms with Crippen molar-refractivity contribution in [2.45, 2.75) is 19.5 Å². The van der Waals surface area contributed by atoms with E-state index in [-0.39, 0.29) is 5.56 Å².